The number of phenolic OH excluding ortho intramolecular Hbond substituents is 1. The zero-order valence-corrected chi connectivity index (χ0v) is 14.8. The molecule has 132 valence electrons. The molecule has 5 nitrogen and oxygen atoms in total. The number of methoxy groups -OCH3 is 1. The molecule has 0 bridgehead atoms. The molecule has 0 radical (unpaired) electrons. The summed E-state index contributed by atoms with van der Waals surface area (Å²) < 4.78 is 10.4. The fourth-order valence-corrected chi connectivity index (χ4v) is 2.49. The molecule has 3 aromatic rings. The SMILES string of the molecule is COC(=O)c1ccc(-c2ccc(C=Nc3cc(C)c(C)cc3O)o2)cc1. The lowest BCUT2D eigenvalue weighted by molar-refractivity contribution is 0.0600. The molecular formula is C21H19NO4. The van der Waals surface area contributed by atoms with E-state index < -0.39 is 0 Å². The molecular weight excluding hydrogens is 330 g/mol. The van der Waals surface area contributed by atoms with Gasteiger partial charge in [0.25, 0.3) is 0 Å². The predicted molar refractivity (Wildman–Crippen MR) is 100 cm³/mol. The minimum absolute atomic E-state index is 0.134. The highest BCUT2D eigenvalue weighted by molar-refractivity contribution is 5.90. The Morgan fingerprint density at radius 1 is 1.08 bits per heavy atom. The van der Waals surface area contributed by atoms with Crippen molar-refractivity contribution in [1.29, 1.82) is 0 Å². The van der Waals surface area contributed by atoms with Crippen molar-refractivity contribution in [3.63, 3.8) is 0 Å². The smallest absolute Gasteiger partial charge is 0.337 e. The number of carbonyl (C=O) groups excluding carboxylic acids is 1. The van der Waals surface area contributed by atoms with Crippen molar-refractivity contribution in [3.05, 3.63) is 71.0 Å². The van der Waals surface area contributed by atoms with Gasteiger partial charge in [0.1, 0.15) is 23.0 Å². The number of carbonyl (C=O) groups is 1. The number of furan rings is 1. The molecule has 0 aliphatic carbocycles. The highest BCUT2D eigenvalue weighted by Gasteiger charge is 2.08. The molecule has 0 amide bonds. The van der Waals surface area contributed by atoms with Crippen LogP contribution in [-0.2, 0) is 4.74 Å². The first-order valence-corrected chi connectivity index (χ1v) is 8.11. The van der Waals surface area contributed by atoms with E-state index in [1.165, 1.54) is 7.11 Å². The molecule has 0 spiro atoms. The highest BCUT2D eigenvalue weighted by atomic mass is 16.5. The van der Waals surface area contributed by atoms with Crippen LogP contribution >= 0.6 is 0 Å². The molecule has 1 N–H and O–H groups in total. The molecule has 0 fully saturated rings. The molecule has 3 rings (SSSR count). The molecule has 0 saturated heterocycles. The van der Waals surface area contributed by atoms with Gasteiger partial charge in [-0.3, -0.25) is 0 Å². The van der Waals surface area contributed by atoms with Gasteiger partial charge in [-0.2, -0.15) is 0 Å². The number of nitrogens with zero attached hydrogens (tertiary/aromatic N) is 1. The number of aromatic hydroxyl groups is 1. The zero-order chi connectivity index (χ0) is 18.7. The van der Waals surface area contributed by atoms with E-state index in [0.29, 0.717) is 22.8 Å². The first-order valence-electron chi connectivity index (χ1n) is 8.11. The minimum Gasteiger partial charge on any atom is -0.506 e. The normalized spacial score (nSPS) is 11.0. The van der Waals surface area contributed by atoms with Crippen LogP contribution in [0.3, 0.4) is 0 Å². The number of phenols is 1. The molecule has 0 aliphatic heterocycles. The second-order valence-electron chi connectivity index (χ2n) is 5.95. The summed E-state index contributed by atoms with van der Waals surface area (Å²) in [5.74, 6) is 0.980. The second kappa shape index (κ2) is 7.27. The van der Waals surface area contributed by atoms with Gasteiger partial charge in [-0.1, -0.05) is 12.1 Å². The van der Waals surface area contributed by atoms with Crippen molar-refractivity contribution < 1.29 is 19.1 Å². The van der Waals surface area contributed by atoms with Gasteiger partial charge in [0.15, 0.2) is 0 Å². The van der Waals surface area contributed by atoms with Crippen LogP contribution in [0.15, 0.2) is 57.9 Å². The van der Waals surface area contributed by atoms with Crippen molar-refractivity contribution in [3.8, 4) is 17.1 Å². The molecule has 2 aromatic carbocycles. The van der Waals surface area contributed by atoms with Crippen LogP contribution in [0.5, 0.6) is 5.75 Å². The van der Waals surface area contributed by atoms with E-state index in [4.69, 9.17) is 4.42 Å². The van der Waals surface area contributed by atoms with Crippen molar-refractivity contribution in [1.82, 2.24) is 0 Å². The Morgan fingerprint density at radius 2 is 1.77 bits per heavy atom. The number of benzene rings is 2. The van der Waals surface area contributed by atoms with Gasteiger partial charge in [-0.05, 0) is 61.4 Å². The van der Waals surface area contributed by atoms with Crippen molar-refractivity contribution in [2.75, 3.05) is 7.11 Å². The Hall–Kier alpha value is -3.34. The summed E-state index contributed by atoms with van der Waals surface area (Å²) in [7, 11) is 1.35. The molecule has 1 heterocycles. The van der Waals surface area contributed by atoms with Crippen molar-refractivity contribution in [2.45, 2.75) is 13.8 Å². The van der Waals surface area contributed by atoms with Crippen molar-refractivity contribution in [2.24, 2.45) is 4.99 Å². The average molecular weight is 349 g/mol. The first kappa shape index (κ1) is 17.5. The lowest BCUT2D eigenvalue weighted by Gasteiger charge is -2.03. The number of hydrogen-bond donors (Lipinski definition) is 1. The third-order valence-electron chi connectivity index (χ3n) is 4.14. The first-order chi connectivity index (χ1) is 12.5. The summed E-state index contributed by atoms with van der Waals surface area (Å²) in [5, 5.41) is 9.99. The van der Waals surface area contributed by atoms with Crippen molar-refractivity contribution >= 4 is 17.9 Å². The van der Waals surface area contributed by atoms with Gasteiger partial charge >= 0.3 is 5.97 Å². The minimum atomic E-state index is -0.378. The van der Waals surface area contributed by atoms with E-state index in [-0.39, 0.29) is 11.7 Å². The van der Waals surface area contributed by atoms with E-state index in [1.807, 2.05) is 26.0 Å². The number of aryl methyl sites for hydroxylation is 2. The number of esters is 1. The van der Waals surface area contributed by atoms with Gasteiger partial charge in [-0.25, -0.2) is 9.79 Å². The van der Waals surface area contributed by atoms with Crippen LogP contribution in [0.1, 0.15) is 27.2 Å². The van der Waals surface area contributed by atoms with E-state index in [2.05, 4.69) is 9.73 Å². The largest absolute Gasteiger partial charge is 0.506 e. The monoisotopic (exact) mass is 349 g/mol. The Bertz CT molecular complexity index is 968. The lowest BCUT2D eigenvalue weighted by Crippen LogP contribution is -2.00. The van der Waals surface area contributed by atoms with E-state index >= 15 is 0 Å². The zero-order valence-electron chi connectivity index (χ0n) is 14.8. The van der Waals surface area contributed by atoms with Gasteiger partial charge in [0.05, 0.1) is 18.9 Å². The summed E-state index contributed by atoms with van der Waals surface area (Å²) in [6.07, 6.45) is 1.57. The fraction of sp³-hybridized carbons (Fsp3) is 0.143. The number of ether oxygens (including phenoxy) is 1. The topological polar surface area (TPSA) is 72.0 Å². The van der Waals surface area contributed by atoms with Gasteiger partial charge in [0.2, 0.25) is 0 Å². The number of aliphatic imine (C=N–C) groups is 1. The van der Waals surface area contributed by atoms with Crippen LogP contribution in [0.2, 0.25) is 0 Å². The second-order valence-corrected chi connectivity index (χ2v) is 5.95. The van der Waals surface area contributed by atoms with Crippen LogP contribution in [0.25, 0.3) is 11.3 Å². The molecule has 0 atom stereocenters. The Kier molecular flexibility index (Phi) is 4.89. The third kappa shape index (κ3) is 3.67. The Morgan fingerprint density at radius 3 is 2.46 bits per heavy atom. The maximum Gasteiger partial charge on any atom is 0.337 e. The quantitative estimate of drug-likeness (QED) is 0.542. The molecule has 0 unspecified atom stereocenters. The maximum atomic E-state index is 11.5. The average Bonchev–Trinajstić information content (AvgIpc) is 3.12. The molecule has 5 heteroatoms. The van der Waals surface area contributed by atoms with Crippen LogP contribution in [0, 0.1) is 13.8 Å². The van der Waals surface area contributed by atoms with Crippen LogP contribution in [0.4, 0.5) is 5.69 Å². The summed E-state index contributed by atoms with van der Waals surface area (Å²) in [6.45, 7) is 3.91. The highest BCUT2D eigenvalue weighted by Crippen LogP contribution is 2.29. The van der Waals surface area contributed by atoms with Crippen LogP contribution < -0.4 is 0 Å². The number of hydrogen-bond acceptors (Lipinski definition) is 5. The van der Waals surface area contributed by atoms with E-state index in [9.17, 15) is 9.90 Å². The molecule has 1 aromatic heterocycles. The Balaban J connectivity index is 1.80. The van der Waals surface area contributed by atoms with Gasteiger partial charge < -0.3 is 14.3 Å². The summed E-state index contributed by atoms with van der Waals surface area (Å²) in [4.78, 5) is 15.8. The van der Waals surface area contributed by atoms with Crippen LogP contribution in [-0.4, -0.2) is 24.4 Å². The number of rotatable bonds is 4. The Labute approximate surface area is 151 Å². The predicted octanol–water partition coefficient (Wildman–Crippen LogP) is 4.81. The summed E-state index contributed by atoms with van der Waals surface area (Å²) >= 11 is 0. The van der Waals surface area contributed by atoms with E-state index in [1.54, 1.807) is 42.6 Å². The molecule has 26 heavy (non-hydrogen) atoms. The lowest BCUT2D eigenvalue weighted by atomic mass is 10.1. The van der Waals surface area contributed by atoms with Gasteiger partial charge in [0, 0.05) is 5.56 Å². The van der Waals surface area contributed by atoms with Gasteiger partial charge in [-0.15, -0.1) is 0 Å². The maximum absolute atomic E-state index is 11.5. The summed E-state index contributed by atoms with van der Waals surface area (Å²) in [5.41, 5.74) is 3.88. The van der Waals surface area contributed by atoms with E-state index in [0.717, 1.165) is 16.7 Å². The standard InChI is InChI=1S/C21H19NO4/c1-13-10-18(19(23)11-14(13)2)22-12-17-8-9-20(26-17)15-4-6-16(7-5-15)21(24)25-3/h4-12,23H,1-3H3. The summed E-state index contributed by atoms with van der Waals surface area (Å²) in [6, 6.07) is 14.1. The third-order valence-corrected chi connectivity index (χ3v) is 4.14. The fourth-order valence-electron chi connectivity index (χ4n) is 2.49. The molecule has 0 aliphatic rings. The molecule has 0 saturated carbocycles.